The highest BCUT2D eigenvalue weighted by Crippen LogP contribution is 2.39. The summed E-state index contributed by atoms with van der Waals surface area (Å²) in [6.45, 7) is 2.75. The van der Waals surface area contributed by atoms with Crippen molar-refractivity contribution in [2.75, 3.05) is 13.2 Å². The second-order valence-corrected chi connectivity index (χ2v) is 5.83. The molecule has 0 saturated carbocycles. The van der Waals surface area contributed by atoms with Crippen molar-refractivity contribution in [3.63, 3.8) is 0 Å². The first kappa shape index (κ1) is 14.4. The average molecular weight is 352 g/mol. The Morgan fingerprint density at radius 1 is 1.14 bits per heavy atom. The highest BCUT2D eigenvalue weighted by Gasteiger charge is 2.21. The lowest BCUT2D eigenvalue weighted by Crippen LogP contribution is -2.18. The maximum atomic E-state index is 14.3. The Balaban J connectivity index is 2.05. The Labute approximate surface area is 131 Å². The van der Waals surface area contributed by atoms with Gasteiger partial charge >= 0.3 is 0 Å². The maximum Gasteiger partial charge on any atom is 0.162 e. The molecule has 0 bridgehead atoms. The van der Waals surface area contributed by atoms with E-state index in [0.717, 1.165) is 10.0 Å². The van der Waals surface area contributed by atoms with Gasteiger partial charge in [0.1, 0.15) is 19.0 Å². The molecule has 0 aliphatic carbocycles. The quantitative estimate of drug-likeness (QED) is 0.896. The van der Waals surface area contributed by atoms with Crippen molar-refractivity contribution in [2.24, 2.45) is 5.73 Å². The van der Waals surface area contributed by atoms with Crippen LogP contribution in [0.25, 0.3) is 0 Å². The van der Waals surface area contributed by atoms with Crippen LogP contribution in [0.1, 0.15) is 22.7 Å². The number of aryl methyl sites for hydroxylation is 1. The van der Waals surface area contributed by atoms with E-state index in [2.05, 4.69) is 15.9 Å². The molecule has 1 atom stereocenters. The van der Waals surface area contributed by atoms with Crippen LogP contribution in [0.4, 0.5) is 4.39 Å². The van der Waals surface area contributed by atoms with E-state index in [0.29, 0.717) is 35.8 Å². The Kier molecular flexibility index (Phi) is 3.87. The normalized spacial score (nSPS) is 14.9. The van der Waals surface area contributed by atoms with Gasteiger partial charge in [0.25, 0.3) is 0 Å². The Bertz CT molecular complexity index is 690. The lowest BCUT2D eigenvalue weighted by Gasteiger charge is -2.22. The van der Waals surface area contributed by atoms with Gasteiger partial charge in [-0.3, -0.25) is 0 Å². The third-order valence-corrected chi connectivity index (χ3v) is 4.24. The first-order chi connectivity index (χ1) is 10.1. The zero-order valence-electron chi connectivity index (χ0n) is 11.5. The van der Waals surface area contributed by atoms with E-state index in [4.69, 9.17) is 15.2 Å². The molecule has 2 aromatic carbocycles. The summed E-state index contributed by atoms with van der Waals surface area (Å²) in [5.41, 5.74) is 8.07. The fourth-order valence-corrected chi connectivity index (χ4v) is 2.96. The minimum Gasteiger partial charge on any atom is -0.486 e. The average Bonchev–Trinajstić information content (AvgIpc) is 2.48. The molecule has 1 aliphatic heterocycles. The summed E-state index contributed by atoms with van der Waals surface area (Å²) in [4.78, 5) is 0. The molecule has 0 spiro atoms. The fraction of sp³-hybridized carbons (Fsp3) is 0.250. The molecule has 2 N–H and O–H groups in total. The van der Waals surface area contributed by atoms with E-state index in [1.807, 2.05) is 12.1 Å². The van der Waals surface area contributed by atoms with Crippen LogP contribution in [0.15, 0.2) is 34.8 Å². The van der Waals surface area contributed by atoms with Crippen LogP contribution < -0.4 is 15.2 Å². The molecule has 110 valence electrons. The monoisotopic (exact) mass is 351 g/mol. The summed E-state index contributed by atoms with van der Waals surface area (Å²) in [6.07, 6.45) is 0. The molecule has 0 radical (unpaired) electrons. The number of nitrogens with two attached hydrogens (primary N) is 1. The van der Waals surface area contributed by atoms with E-state index in [9.17, 15) is 4.39 Å². The minimum absolute atomic E-state index is 0.271. The van der Waals surface area contributed by atoms with Crippen LogP contribution in [-0.2, 0) is 0 Å². The number of halogens is 2. The predicted octanol–water partition coefficient (Wildman–Crippen LogP) is 3.72. The summed E-state index contributed by atoms with van der Waals surface area (Å²) < 4.78 is 26.1. The molecule has 2 aromatic rings. The largest absolute Gasteiger partial charge is 0.486 e. The predicted molar refractivity (Wildman–Crippen MR) is 82.3 cm³/mol. The molecular weight excluding hydrogens is 337 g/mol. The van der Waals surface area contributed by atoms with Crippen molar-refractivity contribution in [3.8, 4) is 11.5 Å². The molecule has 1 heterocycles. The van der Waals surface area contributed by atoms with Crippen LogP contribution >= 0.6 is 15.9 Å². The van der Waals surface area contributed by atoms with Gasteiger partial charge in [-0.2, -0.15) is 0 Å². The van der Waals surface area contributed by atoms with Gasteiger partial charge in [0.15, 0.2) is 11.5 Å². The van der Waals surface area contributed by atoms with Crippen LogP contribution in [-0.4, -0.2) is 13.2 Å². The van der Waals surface area contributed by atoms with Gasteiger partial charge in [0.2, 0.25) is 0 Å². The zero-order valence-corrected chi connectivity index (χ0v) is 13.1. The fourth-order valence-electron chi connectivity index (χ4n) is 2.40. The molecule has 3 nitrogen and oxygen atoms in total. The van der Waals surface area contributed by atoms with Crippen LogP contribution in [0.5, 0.6) is 11.5 Å². The number of ether oxygens (including phenoxy) is 2. The van der Waals surface area contributed by atoms with Gasteiger partial charge in [-0.05, 0) is 30.2 Å². The Morgan fingerprint density at radius 3 is 2.52 bits per heavy atom. The molecular formula is C16H15BrFNO2. The first-order valence-electron chi connectivity index (χ1n) is 6.67. The molecule has 0 fully saturated rings. The number of rotatable bonds is 2. The van der Waals surface area contributed by atoms with Crippen molar-refractivity contribution in [1.29, 1.82) is 0 Å². The second kappa shape index (κ2) is 5.66. The zero-order chi connectivity index (χ0) is 15.0. The number of benzene rings is 2. The van der Waals surface area contributed by atoms with E-state index >= 15 is 0 Å². The molecule has 1 aliphatic rings. The topological polar surface area (TPSA) is 44.5 Å². The van der Waals surface area contributed by atoms with Gasteiger partial charge in [0, 0.05) is 10.0 Å². The first-order valence-corrected chi connectivity index (χ1v) is 7.47. The van der Waals surface area contributed by atoms with Gasteiger partial charge < -0.3 is 15.2 Å². The second-order valence-electron chi connectivity index (χ2n) is 4.97. The third-order valence-electron chi connectivity index (χ3n) is 3.55. The highest BCUT2D eigenvalue weighted by molar-refractivity contribution is 9.10. The number of fused-ring (bicyclic) bond motifs is 1. The van der Waals surface area contributed by atoms with Gasteiger partial charge in [0.05, 0.1) is 6.04 Å². The molecule has 5 heteroatoms. The van der Waals surface area contributed by atoms with E-state index in [1.54, 1.807) is 25.1 Å². The third kappa shape index (κ3) is 2.63. The number of hydrogen-bond acceptors (Lipinski definition) is 3. The highest BCUT2D eigenvalue weighted by atomic mass is 79.9. The molecule has 0 aromatic heterocycles. The summed E-state index contributed by atoms with van der Waals surface area (Å²) >= 11 is 3.48. The molecule has 21 heavy (non-hydrogen) atoms. The number of hydrogen-bond donors (Lipinski definition) is 1. The van der Waals surface area contributed by atoms with Gasteiger partial charge in [-0.1, -0.05) is 34.1 Å². The standard InChI is InChI=1S/C16H15BrFNO2/c1-9-3-2-4-10(15(9)18)16(19)11-7-13-14(8-12(11)17)21-6-5-20-13/h2-4,7-8,16H,5-6,19H2,1H3. The summed E-state index contributed by atoms with van der Waals surface area (Å²) in [6, 6.07) is 8.29. The SMILES string of the molecule is Cc1cccc(C(N)c2cc3c(cc2Br)OCCO3)c1F. The Hall–Kier alpha value is -1.59. The molecule has 1 unspecified atom stereocenters. The van der Waals surface area contributed by atoms with Crippen molar-refractivity contribution in [2.45, 2.75) is 13.0 Å². The van der Waals surface area contributed by atoms with Crippen molar-refractivity contribution in [3.05, 3.63) is 57.3 Å². The van der Waals surface area contributed by atoms with Crippen LogP contribution in [0, 0.1) is 12.7 Å². The molecule has 0 saturated heterocycles. The van der Waals surface area contributed by atoms with Crippen LogP contribution in [0.3, 0.4) is 0 Å². The van der Waals surface area contributed by atoms with Crippen molar-refractivity contribution in [1.82, 2.24) is 0 Å². The van der Waals surface area contributed by atoms with Crippen molar-refractivity contribution < 1.29 is 13.9 Å². The Morgan fingerprint density at radius 2 is 1.81 bits per heavy atom. The van der Waals surface area contributed by atoms with Crippen LogP contribution in [0.2, 0.25) is 0 Å². The van der Waals surface area contributed by atoms with E-state index < -0.39 is 6.04 Å². The summed E-state index contributed by atoms with van der Waals surface area (Å²) in [7, 11) is 0. The summed E-state index contributed by atoms with van der Waals surface area (Å²) in [5, 5.41) is 0. The maximum absolute atomic E-state index is 14.3. The lowest BCUT2D eigenvalue weighted by molar-refractivity contribution is 0.171. The van der Waals surface area contributed by atoms with E-state index in [-0.39, 0.29) is 5.82 Å². The minimum atomic E-state index is -0.574. The van der Waals surface area contributed by atoms with E-state index in [1.165, 1.54) is 0 Å². The lowest BCUT2D eigenvalue weighted by atomic mass is 9.97. The van der Waals surface area contributed by atoms with Gasteiger partial charge in [-0.15, -0.1) is 0 Å². The molecule has 0 amide bonds. The molecule has 3 rings (SSSR count). The van der Waals surface area contributed by atoms with Gasteiger partial charge in [-0.25, -0.2) is 4.39 Å². The van der Waals surface area contributed by atoms with Crippen molar-refractivity contribution >= 4 is 15.9 Å². The smallest absolute Gasteiger partial charge is 0.162 e. The summed E-state index contributed by atoms with van der Waals surface area (Å²) in [5.74, 6) is 1.04.